The molecule has 1 unspecified atom stereocenters. The van der Waals surface area contributed by atoms with E-state index in [4.69, 9.17) is 30.9 Å². The minimum atomic E-state index is -1.15. The molecule has 178 valence electrons. The average Bonchev–Trinajstić information content (AvgIpc) is 3.06. The molecule has 0 aromatic heterocycles. The Kier molecular flexibility index (Phi) is 9.93. The van der Waals surface area contributed by atoms with Crippen LogP contribution in [0.2, 0.25) is 0 Å². The van der Waals surface area contributed by atoms with Crippen LogP contribution in [0, 0.1) is 0 Å². The van der Waals surface area contributed by atoms with E-state index in [1.807, 2.05) is 12.2 Å². The molecule has 32 heavy (non-hydrogen) atoms. The normalized spacial score (nSPS) is 31.9. The van der Waals surface area contributed by atoms with Gasteiger partial charge in [-0.05, 0) is 38.7 Å². The molecule has 0 saturated carbocycles. The molecule has 0 radical (unpaired) electrons. The summed E-state index contributed by atoms with van der Waals surface area (Å²) in [4.78, 5) is 35.1. The standard InChI is InChI=1S/C23H31ClO8/c1-13(10-21(27)28)9-18(26)23-20-11-17(31-23)8-7-16(24)6-4-5-14(2)19(30-15(3)25)12-22(29)32-20/h5-6,9,17-20,23,26H,4,7-8,10-12H2,1-3H3,(H,27,28)/b13-9+,14-5-,16-6-/t17-,18+,19?,20-,23-/m0/s1. The first-order valence-corrected chi connectivity index (χ1v) is 11.0. The van der Waals surface area contributed by atoms with E-state index in [0.717, 1.165) is 0 Å². The summed E-state index contributed by atoms with van der Waals surface area (Å²) in [5, 5.41) is 20.3. The molecular formula is C23H31ClO8. The zero-order valence-corrected chi connectivity index (χ0v) is 19.3. The van der Waals surface area contributed by atoms with E-state index in [9.17, 15) is 19.5 Å². The smallest absolute Gasteiger partial charge is 0.310 e. The van der Waals surface area contributed by atoms with Gasteiger partial charge in [0.1, 0.15) is 24.4 Å². The predicted molar refractivity (Wildman–Crippen MR) is 117 cm³/mol. The molecule has 0 aromatic rings. The second kappa shape index (κ2) is 12.2. The number of carboxylic acids is 1. The Labute approximate surface area is 192 Å². The maximum absolute atomic E-state index is 12.7. The summed E-state index contributed by atoms with van der Waals surface area (Å²) in [6, 6.07) is 0. The van der Waals surface area contributed by atoms with Crippen LogP contribution in [0.5, 0.6) is 0 Å². The molecule has 9 heteroatoms. The van der Waals surface area contributed by atoms with E-state index in [1.54, 1.807) is 13.8 Å². The van der Waals surface area contributed by atoms with Crippen LogP contribution >= 0.6 is 11.6 Å². The monoisotopic (exact) mass is 470 g/mol. The lowest BCUT2D eigenvalue weighted by Gasteiger charge is -2.24. The van der Waals surface area contributed by atoms with E-state index in [2.05, 4.69) is 0 Å². The first-order chi connectivity index (χ1) is 15.0. The number of esters is 2. The number of ether oxygens (including phenoxy) is 3. The number of aliphatic hydroxyl groups excluding tert-OH is 1. The molecule has 5 atom stereocenters. The van der Waals surface area contributed by atoms with Crippen LogP contribution in [0.3, 0.4) is 0 Å². The highest BCUT2D eigenvalue weighted by atomic mass is 35.5. The third kappa shape index (κ3) is 8.41. The maximum Gasteiger partial charge on any atom is 0.310 e. The Balaban J connectivity index is 2.25. The van der Waals surface area contributed by atoms with E-state index in [1.165, 1.54) is 13.0 Å². The number of halogens is 1. The fourth-order valence-electron chi connectivity index (χ4n) is 3.81. The summed E-state index contributed by atoms with van der Waals surface area (Å²) >= 11 is 6.32. The van der Waals surface area contributed by atoms with Crippen LogP contribution in [0.25, 0.3) is 0 Å². The summed E-state index contributed by atoms with van der Waals surface area (Å²) in [5.74, 6) is -2.10. The number of aliphatic carboxylic acids is 1. The predicted octanol–water partition coefficient (Wildman–Crippen LogP) is 3.41. The highest BCUT2D eigenvalue weighted by Gasteiger charge is 2.41. The highest BCUT2D eigenvalue weighted by Crippen LogP contribution is 2.31. The quantitative estimate of drug-likeness (QED) is 0.463. The third-order valence-electron chi connectivity index (χ3n) is 5.37. The maximum atomic E-state index is 12.7. The fourth-order valence-corrected chi connectivity index (χ4v) is 4.01. The summed E-state index contributed by atoms with van der Waals surface area (Å²) in [6.45, 7) is 4.64. The molecule has 2 bridgehead atoms. The van der Waals surface area contributed by atoms with Gasteiger partial charge in [-0.3, -0.25) is 14.4 Å². The molecule has 2 aliphatic rings. The second-order valence-corrected chi connectivity index (χ2v) is 8.72. The molecule has 2 heterocycles. The molecule has 8 nitrogen and oxygen atoms in total. The Morgan fingerprint density at radius 2 is 2.06 bits per heavy atom. The zero-order valence-electron chi connectivity index (χ0n) is 18.6. The van der Waals surface area contributed by atoms with Crippen molar-refractivity contribution in [3.05, 3.63) is 34.4 Å². The number of carbonyl (C=O) groups excluding carboxylic acids is 2. The van der Waals surface area contributed by atoms with Crippen LogP contribution in [-0.4, -0.2) is 58.6 Å². The van der Waals surface area contributed by atoms with Gasteiger partial charge in [-0.15, -0.1) is 0 Å². The number of fused-ring (bicyclic) bond motifs is 2. The minimum absolute atomic E-state index is 0.169. The van der Waals surface area contributed by atoms with Crippen LogP contribution in [-0.2, 0) is 28.6 Å². The number of rotatable bonds is 5. The number of allylic oxidation sites excluding steroid dienone is 3. The van der Waals surface area contributed by atoms with Crippen molar-refractivity contribution in [2.24, 2.45) is 0 Å². The van der Waals surface area contributed by atoms with E-state index >= 15 is 0 Å². The number of carboxylic acid groups (broad SMARTS) is 1. The van der Waals surface area contributed by atoms with E-state index in [0.29, 0.717) is 41.9 Å². The molecule has 0 spiro atoms. The molecule has 2 aliphatic heterocycles. The second-order valence-electron chi connectivity index (χ2n) is 8.24. The van der Waals surface area contributed by atoms with E-state index < -0.39 is 42.3 Å². The zero-order chi connectivity index (χ0) is 23.8. The van der Waals surface area contributed by atoms with Crippen LogP contribution in [0.1, 0.15) is 59.3 Å². The largest absolute Gasteiger partial charge is 0.481 e. The molecule has 0 amide bonds. The lowest BCUT2D eigenvalue weighted by molar-refractivity contribution is -0.159. The van der Waals surface area contributed by atoms with Crippen molar-refractivity contribution in [1.82, 2.24) is 0 Å². The summed E-state index contributed by atoms with van der Waals surface area (Å²) in [5.41, 5.74) is 1.17. The molecular weight excluding hydrogens is 440 g/mol. The summed E-state index contributed by atoms with van der Waals surface area (Å²) in [6.07, 6.45) is 3.01. The number of aliphatic hydroxyl groups is 1. The van der Waals surface area contributed by atoms with Crippen LogP contribution < -0.4 is 0 Å². The molecule has 0 aromatic carbocycles. The van der Waals surface area contributed by atoms with Gasteiger partial charge in [0.05, 0.1) is 18.9 Å². The van der Waals surface area contributed by atoms with Crippen molar-refractivity contribution >= 4 is 29.5 Å². The summed E-state index contributed by atoms with van der Waals surface area (Å²) < 4.78 is 16.9. The van der Waals surface area contributed by atoms with Gasteiger partial charge in [0.25, 0.3) is 0 Å². The molecule has 2 N–H and O–H groups in total. The minimum Gasteiger partial charge on any atom is -0.481 e. The Morgan fingerprint density at radius 3 is 2.72 bits per heavy atom. The first kappa shape index (κ1) is 26.1. The van der Waals surface area contributed by atoms with Crippen molar-refractivity contribution in [2.45, 2.75) is 89.8 Å². The Bertz CT molecular complexity index is 800. The Hall–Kier alpha value is -2.16. The van der Waals surface area contributed by atoms with Crippen molar-refractivity contribution in [1.29, 1.82) is 0 Å². The van der Waals surface area contributed by atoms with Gasteiger partial charge in [-0.2, -0.15) is 0 Å². The highest BCUT2D eigenvalue weighted by molar-refractivity contribution is 6.29. The lowest BCUT2D eigenvalue weighted by atomic mass is 10.0. The van der Waals surface area contributed by atoms with Crippen molar-refractivity contribution < 1.29 is 38.8 Å². The van der Waals surface area contributed by atoms with Gasteiger partial charge in [0.2, 0.25) is 0 Å². The number of hydrogen-bond acceptors (Lipinski definition) is 7. The molecule has 0 aliphatic carbocycles. The van der Waals surface area contributed by atoms with Gasteiger partial charge >= 0.3 is 17.9 Å². The van der Waals surface area contributed by atoms with Crippen LogP contribution in [0.15, 0.2) is 34.4 Å². The van der Waals surface area contributed by atoms with Crippen LogP contribution in [0.4, 0.5) is 0 Å². The Morgan fingerprint density at radius 1 is 1.34 bits per heavy atom. The van der Waals surface area contributed by atoms with Crippen molar-refractivity contribution in [3.63, 3.8) is 0 Å². The van der Waals surface area contributed by atoms with E-state index in [-0.39, 0.29) is 18.9 Å². The third-order valence-corrected chi connectivity index (χ3v) is 5.71. The molecule has 1 saturated heterocycles. The van der Waals surface area contributed by atoms with Crippen molar-refractivity contribution in [2.75, 3.05) is 0 Å². The SMILES string of the molecule is CC(=O)OC1CC(=O)O[C@H]2C[C@H](CC/C(Cl)=C/C/C=C\1C)O[C@H]2[C@H](O)/C=C(\C)CC(=O)O. The lowest BCUT2D eigenvalue weighted by Crippen LogP contribution is -2.37. The topological polar surface area (TPSA) is 119 Å². The summed E-state index contributed by atoms with van der Waals surface area (Å²) in [7, 11) is 0. The van der Waals surface area contributed by atoms with Gasteiger partial charge < -0.3 is 24.4 Å². The molecule has 1 fully saturated rings. The van der Waals surface area contributed by atoms with Gasteiger partial charge in [-0.1, -0.05) is 35.4 Å². The average molecular weight is 471 g/mol. The molecule has 2 rings (SSSR count). The number of hydrogen-bond donors (Lipinski definition) is 2. The number of carbonyl (C=O) groups is 3. The fraction of sp³-hybridized carbons (Fsp3) is 0.609. The van der Waals surface area contributed by atoms with Crippen molar-refractivity contribution in [3.8, 4) is 0 Å². The van der Waals surface area contributed by atoms with Gasteiger partial charge in [0, 0.05) is 18.4 Å². The first-order valence-electron chi connectivity index (χ1n) is 10.7. The van der Waals surface area contributed by atoms with Gasteiger partial charge in [0.15, 0.2) is 0 Å². The van der Waals surface area contributed by atoms with Gasteiger partial charge in [-0.25, -0.2) is 0 Å².